The van der Waals surface area contributed by atoms with Gasteiger partial charge in [0.2, 0.25) is 0 Å². The lowest BCUT2D eigenvalue weighted by Gasteiger charge is -2.46. The van der Waals surface area contributed by atoms with Crippen LogP contribution in [0.25, 0.3) is 0 Å². The van der Waals surface area contributed by atoms with Crippen molar-refractivity contribution in [3.8, 4) is 0 Å². The maximum Gasteiger partial charge on any atom is 0.192 e. The van der Waals surface area contributed by atoms with Gasteiger partial charge in [-0.3, -0.25) is 4.79 Å². The van der Waals surface area contributed by atoms with Crippen LogP contribution in [0.2, 0.25) is 18.1 Å². The van der Waals surface area contributed by atoms with Crippen molar-refractivity contribution in [2.45, 2.75) is 98.4 Å². The number of fused-ring (bicyclic) bond motifs is 2. The summed E-state index contributed by atoms with van der Waals surface area (Å²) in [7, 11) is -1.79. The van der Waals surface area contributed by atoms with Gasteiger partial charge >= 0.3 is 0 Å². The highest BCUT2D eigenvalue weighted by Crippen LogP contribution is 2.69. The molecule has 0 aromatic heterocycles. The SMILES string of the molecule is CC1(C)CC2=C(C1=O)[C@]1(C)CC[C@H](O[Si](C)(C)C(C)(C)C)[C@]1(C)C2. The summed E-state index contributed by atoms with van der Waals surface area (Å²) in [5.74, 6) is 0.414. The minimum absolute atomic E-state index is 0.0141. The lowest BCUT2D eigenvalue weighted by atomic mass is 9.63. The fourth-order valence-corrected chi connectivity index (χ4v) is 6.70. The summed E-state index contributed by atoms with van der Waals surface area (Å²) < 4.78 is 6.90. The van der Waals surface area contributed by atoms with Gasteiger partial charge in [-0.25, -0.2) is 0 Å². The number of ketones is 1. The van der Waals surface area contributed by atoms with E-state index in [1.807, 2.05) is 0 Å². The van der Waals surface area contributed by atoms with Crippen LogP contribution in [0.4, 0.5) is 0 Å². The predicted octanol–water partition coefficient (Wildman–Crippen LogP) is 5.88. The van der Waals surface area contributed by atoms with Crippen LogP contribution in [-0.4, -0.2) is 20.2 Å². The second kappa shape index (κ2) is 4.85. The largest absolute Gasteiger partial charge is 0.413 e. The van der Waals surface area contributed by atoms with E-state index >= 15 is 0 Å². The van der Waals surface area contributed by atoms with Crippen LogP contribution in [0.15, 0.2) is 11.1 Å². The van der Waals surface area contributed by atoms with Crippen LogP contribution in [-0.2, 0) is 9.22 Å². The Morgan fingerprint density at radius 2 is 1.67 bits per heavy atom. The summed E-state index contributed by atoms with van der Waals surface area (Å²) in [6.07, 6.45) is 4.52. The highest BCUT2D eigenvalue weighted by Gasteiger charge is 2.66. The Balaban J connectivity index is 1.92. The molecule has 3 aliphatic carbocycles. The zero-order valence-electron chi connectivity index (χ0n) is 17.2. The highest BCUT2D eigenvalue weighted by atomic mass is 28.4. The first-order valence-electron chi connectivity index (χ1n) is 9.61. The molecule has 24 heavy (non-hydrogen) atoms. The smallest absolute Gasteiger partial charge is 0.192 e. The summed E-state index contributed by atoms with van der Waals surface area (Å²) in [5, 5.41) is 0.231. The molecule has 0 saturated heterocycles. The number of carbonyl (C=O) groups is 1. The minimum Gasteiger partial charge on any atom is -0.413 e. The van der Waals surface area contributed by atoms with Gasteiger partial charge in [0.1, 0.15) is 0 Å². The molecule has 3 atom stereocenters. The van der Waals surface area contributed by atoms with E-state index in [1.165, 1.54) is 11.1 Å². The standard InChI is InChI=1S/C21H36O2Si/c1-18(2,3)24(8,9)23-15-10-11-20(6)16-14(13-21(15,20)7)12-19(4,5)17(16)22/h15H,10-13H2,1-9H3/t15-,20-,21-/m0/s1. The second-order valence-electron chi connectivity index (χ2n) is 11.2. The molecular weight excluding hydrogens is 312 g/mol. The number of hydrogen-bond donors (Lipinski definition) is 0. The molecule has 0 aromatic rings. The first-order chi connectivity index (χ1) is 10.7. The van der Waals surface area contributed by atoms with Crippen LogP contribution in [0.1, 0.15) is 74.1 Å². The quantitative estimate of drug-likeness (QED) is 0.582. The lowest BCUT2D eigenvalue weighted by Crippen LogP contribution is -2.49. The molecule has 0 aliphatic heterocycles. The van der Waals surface area contributed by atoms with Gasteiger partial charge in [-0.05, 0) is 43.8 Å². The van der Waals surface area contributed by atoms with Gasteiger partial charge in [-0.1, -0.05) is 54.0 Å². The third kappa shape index (κ3) is 2.19. The molecule has 136 valence electrons. The average Bonchev–Trinajstić information content (AvgIpc) is 2.83. The maximum absolute atomic E-state index is 13.1. The maximum atomic E-state index is 13.1. The number of rotatable bonds is 2. The summed E-state index contributed by atoms with van der Waals surface area (Å²) in [4.78, 5) is 13.1. The van der Waals surface area contributed by atoms with Gasteiger partial charge in [0.15, 0.2) is 14.1 Å². The van der Waals surface area contributed by atoms with E-state index in [1.54, 1.807) is 0 Å². The van der Waals surface area contributed by atoms with E-state index in [4.69, 9.17) is 4.43 Å². The molecule has 0 unspecified atom stereocenters. The van der Waals surface area contributed by atoms with Crippen molar-refractivity contribution < 1.29 is 9.22 Å². The van der Waals surface area contributed by atoms with Gasteiger partial charge < -0.3 is 4.43 Å². The number of allylic oxidation sites excluding steroid dienone is 2. The molecule has 1 saturated carbocycles. The van der Waals surface area contributed by atoms with Crippen molar-refractivity contribution in [1.29, 1.82) is 0 Å². The molecule has 0 aromatic carbocycles. The summed E-state index contributed by atoms with van der Waals surface area (Å²) in [6.45, 7) is 20.6. The Hall–Kier alpha value is -0.413. The first-order valence-corrected chi connectivity index (χ1v) is 12.5. The highest BCUT2D eigenvalue weighted by molar-refractivity contribution is 6.74. The van der Waals surface area contributed by atoms with Crippen LogP contribution in [0.3, 0.4) is 0 Å². The summed E-state index contributed by atoms with van der Waals surface area (Å²) in [5.41, 5.74) is 2.56. The normalized spacial score (nSPS) is 38.7. The Kier molecular flexibility index (Phi) is 3.71. The molecule has 0 amide bonds. The van der Waals surface area contributed by atoms with Crippen molar-refractivity contribution in [1.82, 2.24) is 0 Å². The molecular formula is C21H36O2Si. The van der Waals surface area contributed by atoms with Crippen molar-refractivity contribution in [3.63, 3.8) is 0 Å². The molecule has 0 spiro atoms. The van der Waals surface area contributed by atoms with Crippen LogP contribution >= 0.6 is 0 Å². The molecule has 3 aliphatic rings. The Morgan fingerprint density at radius 1 is 1.08 bits per heavy atom. The van der Waals surface area contributed by atoms with Crippen molar-refractivity contribution >= 4 is 14.1 Å². The molecule has 0 radical (unpaired) electrons. The van der Waals surface area contributed by atoms with Crippen molar-refractivity contribution in [3.05, 3.63) is 11.1 Å². The molecule has 3 rings (SSSR count). The molecule has 0 bridgehead atoms. The Bertz CT molecular complexity index is 622. The van der Waals surface area contributed by atoms with Gasteiger partial charge in [0.05, 0.1) is 6.10 Å². The van der Waals surface area contributed by atoms with Gasteiger partial charge in [-0.2, -0.15) is 0 Å². The van der Waals surface area contributed by atoms with Crippen LogP contribution in [0.5, 0.6) is 0 Å². The molecule has 3 heteroatoms. The zero-order chi connectivity index (χ0) is 18.3. The minimum atomic E-state index is -1.79. The topological polar surface area (TPSA) is 26.3 Å². The summed E-state index contributed by atoms with van der Waals surface area (Å²) in [6, 6.07) is 0. The average molecular weight is 349 g/mol. The van der Waals surface area contributed by atoms with Crippen molar-refractivity contribution in [2.24, 2.45) is 16.2 Å². The third-order valence-corrected chi connectivity index (χ3v) is 12.6. The number of hydrogen-bond acceptors (Lipinski definition) is 2. The van der Waals surface area contributed by atoms with Crippen molar-refractivity contribution in [2.75, 3.05) is 0 Å². The molecule has 0 heterocycles. The predicted molar refractivity (Wildman–Crippen MR) is 103 cm³/mol. The second-order valence-corrected chi connectivity index (χ2v) is 16.0. The van der Waals surface area contributed by atoms with E-state index in [0.29, 0.717) is 11.9 Å². The fourth-order valence-electron chi connectivity index (χ4n) is 5.26. The lowest BCUT2D eigenvalue weighted by molar-refractivity contribution is -0.124. The van der Waals surface area contributed by atoms with E-state index in [0.717, 1.165) is 25.7 Å². The monoisotopic (exact) mass is 348 g/mol. The number of carbonyl (C=O) groups excluding carboxylic acids is 1. The Morgan fingerprint density at radius 3 is 2.21 bits per heavy atom. The molecule has 2 nitrogen and oxygen atoms in total. The van der Waals surface area contributed by atoms with Crippen LogP contribution < -0.4 is 0 Å². The fraction of sp³-hybridized carbons (Fsp3) is 0.857. The number of Topliss-reactive ketones (excluding diaryl/α,β-unsaturated/α-hetero) is 1. The third-order valence-electron chi connectivity index (χ3n) is 8.10. The molecule has 1 fully saturated rings. The van der Waals surface area contributed by atoms with E-state index in [-0.39, 0.29) is 21.3 Å². The van der Waals surface area contributed by atoms with Gasteiger partial charge in [-0.15, -0.1) is 0 Å². The zero-order valence-corrected chi connectivity index (χ0v) is 18.2. The van der Waals surface area contributed by atoms with Gasteiger partial charge in [0, 0.05) is 21.8 Å². The molecule has 0 N–H and O–H groups in total. The van der Waals surface area contributed by atoms with E-state index < -0.39 is 8.32 Å². The van der Waals surface area contributed by atoms with E-state index in [2.05, 4.69) is 61.6 Å². The van der Waals surface area contributed by atoms with E-state index in [9.17, 15) is 4.79 Å². The Labute approximate surface area is 149 Å². The van der Waals surface area contributed by atoms with Crippen LogP contribution in [0, 0.1) is 16.2 Å². The van der Waals surface area contributed by atoms with Gasteiger partial charge in [0.25, 0.3) is 0 Å². The summed E-state index contributed by atoms with van der Waals surface area (Å²) >= 11 is 0. The first kappa shape index (κ1) is 18.4.